The van der Waals surface area contributed by atoms with Crippen molar-refractivity contribution in [3.63, 3.8) is 0 Å². The lowest BCUT2D eigenvalue weighted by molar-refractivity contribution is 0.352. The molecule has 0 bridgehead atoms. The summed E-state index contributed by atoms with van der Waals surface area (Å²) in [7, 11) is 0. The Labute approximate surface area is 70.7 Å². The summed E-state index contributed by atoms with van der Waals surface area (Å²) < 4.78 is 10.1. The van der Waals surface area contributed by atoms with E-state index in [1.165, 1.54) is 0 Å². The van der Waals surface area contributed by atoms with E-state index < -0.39 is 0 Å². The van der Waals surface area contributed by atoms with Gasteiger partial charge in [-0.25, -0.2) is 0 Å². The highest BCUT2D eigenvalue weighted by Gasteiger charge is 2.32. The van der Waals surface area contributed by atoms with Crippen LogP contribution in [0.15, 0.2) is 10.6 Å². The molecule has 0 spiro atoms. The van der Waals surface area contributed by atoms with Crippen LogP contribution in [-0.2, 0) is 11.3 Å². The van der Waals surface area contributed by atoms with E-state index in [1.807, 2.05) is 6.07 Å². The van der Waals surface area contributed by atoms with E-state index in [0.29, 0.717) is 18.6 Å². The third-order valence-electron chi connectivity index (χ3n) is 2.16. The lowest BCUT2D eigenvalue weighted by atomic mass is 10.0. The average Bonchev–Trinajstić information content (AvgIpc) is 2.82. The number of nitrogens with zero attached hydrogens (tertiary/aromatic N) is 1. The zero-order valence-electron chi connectivity index (χ0n) is 6.99. The van der Waals surface area contributed by atoms with Crippen LogP contribution in [-0.4, -0.2) is 17.9 Å². The standard InChI is InChI=1S/C8H12N2O2/c1-5(8-4-11-8)7-2-6(3-9)12-10-7/h2,5,8H,3-4,9H2,1H3. The van der Waals surface area contributed by atoms with Crippen molar-refractivity contribution in [3.05, 3.63) is 17.5 Å². The Morgan fingerprint density at radius 1 is 1.83 bits per heavy atom. The predicted octanol–water partition coefficient (Wildman–Crippen LogP) is 0.636. The van der Waals surface area contributed by atoms with Crippen molar-refractivity contribution in [2.45, 2.75) is 25.5 Å². The first-order chi connectivity index (χ1) is 5.81. The first-order valence-electron chi connectivity index (χ1n) is 4.08. The van der Waals surface area contributed by atoms with Gasteiger partial charge in [-0.05, 0) is 0 Å². The molecule has 1 aliphatic heterocycles. The van der Waals surface area contributed by atoms with E-state index in [4.69, 9.17) is 15.0 Å². The Kier molecular flexibility index (Phi) is 1.86. The summed E-state index contributed by atoms with van der Waals surface area (Å²) in [5.74, 6) is 1.06. The van der Waals surface area contributed by atoms with Gasteiger partial charge in [0, 0.05) is 12.0 Å². The zero-order chi connectivity index (χ0) is 8.55. The molecule has 4 heteroatoms. The van der Waals surface area contributed by atoms with Gasteiger partial charge in [-0.2, -0.15) is 0 Å². The van der Waals surface area contributed by atoms with Crippen molar-refractivity contribution in [3.8, 4) is 0 Å². The normalized spacial score (nSPS) is 24.0. The lowest BCUT2D eigenvalue weighted by Crippen LogP contribution is -2.01. The molecule has 0 saturated carbocycles. The van der Waals surface area contributed by atoms with E-state index >= 15 is 0 Å². The first kappa shape index (κ1) is 7.76. The van der Waals surface area contributed by atoms with Crippen molar-refractivity contribution in [2.75, 3.05) is 6.61 Å². The summed E-state index contributed by atoms with van der Waals surface area (Å²) in [4.78, 5) is 0. The molecule has 2 atom stereocenters. The van der Waals surface area contributed by atoms with Crippen LogP contribution in [0.5, 0.6) is 0 Å². The molecule has 2 unspecified atom stereocenters. The fourth-order valence-electron chi connectivity index (χ4n) is 1.17. The van der Waals surface area contributed by atoms with E-state index in [2.05, 4.69) is 12.1 Å². The van der Waals surface area contributed by atoms with Gasteiger partial charge in [0.25, 0.3) is 0 Å². The molecule has 12 heavy (non-hydrogen) atoms. The van der Waals surface area contributed by atoms with Crippen LogP contribution in [0.3, 0.4) is 0 Å². The smallest absolute Gasteiger partial charge is 0.150 e. The third-order valence-corrected chi connectivity index (χ3v) is 2.16. The summed E-state index contributed by atoms with van der Waals surface area (Å²) in [5.41, 5.74) is 6.33. The van der Waals surface area contributed by atoms with Gasteiger partial charge in [-0.3, -0.25) is 0 Å². The van der Waals surface area contributed by atoms with Gasteiger partial charge in [-0.1, -0.05) is 12.1 Å². The van der Waals surface area contributed by atoms with Gasteiger partial charge in [0.1, 0.15) is 0 Å². The van der Waals surface area contributed by atoms with E-state index in [0.717, 1.165) is 18.1 Å². The SMILES string of the molecule is CC(c1cc(CN)on1)C1CO1. The molecule has 0 aromatic carbocycles. The van der Waals surface area contributed by atoms with Crippen molar-refractivity contribution in [2.24, 2.45) is 5.73 Å². The molecule has 0 amide bonds. The van der Waals surface area contributed by atoms with Gasteiger partial charge in [0.05, 0.1) is 24.9 Å². The third kappa shape index (κ3) is 1.35. The molecular weight excluding hydrogens is 156 g/mol. The quantitative estimate of drug-likeness (QED) is 0.672. The molecule has 1 fully saturated rings. The van der Waals surface area contributed by atoms with Crippen molar-refractivity contribution in [1.82, 2.24) is 5.16 Å². The van der Waals surface area contributed by atoms with Gasteiger partial charge < -0.3 is 15.0 Å². The van der Waals surface area contributed by atoms with Crippen LogP contribution < -0.4 is 5.73 Å². The monoisotopic (exact) mass is 168 g/mol. The Balaban J connectivity index is 2.10. The topological polar surface area (TPSA) is 64.6 Å². The second-order valence-electron chi connectivity index (χ2n) is 3.08. The molecule has 0 aliphatic carbocycles. The molecule has 1 aromatic heterocycles. The molecule has 0 radical (unpaired) electrons. The number of hydrogen-bond donors (Lipinski definition) is 1. The van der Waals surface area contributed by atoms with Gasteiger partial charge in [0.15, 0.2) is 5.76 Å². The maximum atomic E-state index is 5.39. The fraction of sp³-hybridized carbons (Fsp3) is 0.625. The largest absolute Gasteiger partial charge is 0.372 e. The molecule has 1 saturated heterocycles. The van der Waals surface area contributed by atoms with Crippen LogP contribution in [0, 0.1) is 0 Å². The second-order valence-corrected chi connectivity index (χ2v) is 3.08. The van der Waals surface area contributed by atoms with Crippen LogP contribution in [0.25, 0.3) is 0 Å². The first-order valence-corrected chi connectivity index (χ1v) is 4.08. The Bertz CT molecular complexity index is 268. The number of rotatable bonds is 3. The maximum Gasteiger partial charge on any atom is 0.150 e. The highest BCUT2D eigenvalue weighted by molar-refractivity contribution is 5.12. The van der Waals surface area contributed by atoms with E-state index in [-0.39, 0.29) is 0 Å². The molecular formula is C8H12N2O2. The molecule has 2 heterocycles. The molecule has 1 aromatic rings. The molecule has 4 nitrogen and oxygen atoms in total. The Hall–Kier alpha value is -0.870. The van der Waals surface area contributed by atoms with Gasteiger partial charge >= 0.3 is 0 Å². The number of aromatic nitrogens is 1. The van der Waals surface area contributed by atoms with Crippen LogP contribution in [0.2, 0.25) is 0 Å². The minimum atomic E-state index is 0.328. The minimum Gasteiger partial charge on any atom is -0.372 e. The molecule has 1 aliphatic rings. The fourth-order valence-corrected chi connectivity index (χ4v) is 1.17. The number of ether oxygens (including phenoxy) is 1. The highest BCUT2D eigenvalue weighted by atomic mass is 16.6. The van der Waals surface area contributed by atoms with Crippen LogP contribution in [0.4, 0.5) is 0 Å². The molecule has 2 N–H and O–H groups in total. The number of hydrogen-bond acceptors (Lipinski definition) is 4. The molecule has 2 rings (SSSR count). The van der Waals surface area contributed by atoms with Crippen LogP contribution in [0.1, 0.15) is 24.3 Å². The van der Waals surface area contributed by atoms with E-state index in [1.54, 1.807) is 0 Å². The van der Waals surface area contributed by atoms with Gasteiger partial charge in [-0.15, -0.1) is 0 Å². The summed E-state index contributed by atoms with van der Waals surface area (Å²) in [6, 6.07) is 1.90. The Morgan fingerprint density at radius 2 is 2.58 bits per heavy atom. The zero-order valence-corrected chi connectivity index (χ0v) is 6.99. The van der Waals surface area contributed by atoms with Crippen LogP contribution >= 0.6 is 0 Å². The predicted molar refractivity (Wildman–Crippen MR) is 42.5 cm³/mol. The van der Waals surface area contributed by atoms with E-state index in [9.17, 15) is 0 Å². The van der Waals surface area contributed by atoms with Crippen molar-refractivity contribution < 1.29 is 9.26 Å². The summed E-state index contributed by atoms with van der Waals surface area (Å²) in [6.45, 7) is 3.33. The maximum absolute atomic E-state index is 5.39. The average molecular weight is 168 g/mol. The molecule has 66 valence electrons. The lowest BCUT2D eigenvalue weighted by Gasteiger charge is -1.99. The second kappa shape index (κ2) is 2.88. The number of epoxide rings is 1. The van der Waals surface area contributed by atoms with Crippen molar-refractivity contribution >= 4 is 0 Å². The minimum absolute atomic E-state index is 0.328. The number of nitrogens with two attached hydrogens (primary N) is 1. The summed E-state index contributed by atoms with van der Waals surface area (Å²) >= 11 is 0. The Morgan fingerprint density at radius 3 is 3.08 bits per heavy atom. The van der Waals surface area contributed by atoms with Crippen molar-refractivity contribution in [1.29, 1.82) is 0 Å². The highest BCUT2D eigenvalue weighted by Crippen LogP contribution is 2.28. The summed E-state index contributed by atoms with van der Waals surface area (Å²) in [5, 5.41) is 3.91. The summed E-state index contributed by atoms with van der Waals surface area (Å²) in [6.07, 6.45) is 0.334. The van der Waals surface area contributed by atoms with Gasteiger partial charge in [0.2, 0.25) is 0 Å².